The molecular weight excluding hydrogens is 456 g/mol. The summed E-state index contributed by atoms with van der Waals surface area (Å²) in [6.07, 6.45) is 4.67. The minimum absolute atomic E-state index is 0. The minimum Gasteiger partial charge on any atom is -0.493 e. The normalized spacial score (nSPS) is 12.8. The summed E-state index contributed by atoms with van der Waals surface area (Å²) in [7, 11) is 3.18. The molecule has 0 bridgehead atoms. The Hall–Kier alpha value is -3.91. The SMILES string of the molecule is COc1ccc(C2=NN(C(=O)c3ccc(NC(=O)c4cccnc4)cc3)CCC2)cc1OC.Cl. The van der Waals surface area contributed by atoms with Crippen LogP contribution in [0.3, 0.4) is 0 Å². The van der Waals surface area contributed by atoms with E-state index in [2.05, 4.69) is 15.4 Å². The molecule has 8 nitrogen and oxygen atoms in total. The number of methoxy groups -OCH3 is 2. The van der Waals surface area contributed by atoms with Crippen molar-refractivity contribution in [3.8, 4) is 11.5 Å². The van der Waals surface area contributed by atoms with E-state index in [4.69, 9.17) is 9.47 Å². The van der Waals surface area contributed by atoms with E-state index >= 15 is 0 Å². The number of amides is 2. The summed E-state index contributed by atoms with van der Waals surface area (Å²) in [6, 6.07) is 15.8. The Bertz CT molecular complexity index is 1180. The highest BCUT2D eigenvalue weighted by atomic mass is 35.5. The fraction of sp³-hybridized carbons (Fsp3) is 0.200. The van der Waals surface area contributed by atoms with Gasteiger partial charge in [-0.1, -0.05) is 0 Å². The predicted octanol–water partition coefficient (Wildman–Crippen LogP) is 4.41. The Kier molecular flexibility index (Phi) is 8.21. The van der Waals surface area contributed by atoms with Crippen molar-refractivity contribution < 1.29 is 19.1 Å². The van der Waals surface area contributed by atoms with Gasteiger partial charge in [-0.25, -0.2) is 5.01 Å². The van der Waals surface area contributed by atoms with Crippen molar-refractivity contribution in [1.29, 1.82) is 0 Å². The number of carbonyl (C=O) groups is 2. The van der Waals surface area contributed by atoms with Crippen LogP contribution in [0.25, 0.3) is 0 Å². The first-order chi connectivity index (χ1) is 16.1. The van der Waals surface area contributed by atoms with E-state index in [0.29, 0.717) is 34.9 Å². The summed E-state index contributed by atoms with van der Waals surface area (Å²) in [4.78, 5) is 29.3. The number of carbonyl (C=O) groups excluding carboxylic acids is 2. The van der Waals surface area contributed by atoms with E-state index in [0.717, 1.165) is 24.1 Å². The van der Waals surface area contributed by atoms with E-state index in [1.807, 2.05) is 18.2 Å². The highest BCUT2D eigenvalue weighted by Crippen LogP contribution is 2.29. The molecule has 176 valence electrons. The zero-order chi connectivity index (χ0) is 23.2. The molecule has 1 aliphatic rings. The number of halogens is 1. The van der Waals surface area contributed by atoms with Crippen LogP contribution in [0, 0.1) is 0 Å². The largest absolute Gasteiger partial charge is 0.493 e. The maximum absolute atomic E-state index is 13.0. The molecule has 9 heteroatoms. The minimum atomic E-state index is -0.262. The van der Waals surface area contributed by atoms with Crippen LogP contribution in [0.2, 0.25) is 0 Å². The van der Waals surface area contributed by atoms with Crippen LogP contribution in [0.15, 0.2) is 72.1 Å². The number of aromatic nitrogens is 1. The number of nitrogens with zero attached hydrogens (tertiary/aromatic N) is 3. The number of hydrazone groups is 1. The Morgan fingerprint density at radius 1 is 0.971 bits per heavy atom. The standard InChI is InChI=1S/C25H24N4O4.ClH/c1-32-22-12-9-18(15-23(22)33-2)21-6-4-14-29(28-21)25(31)17-7-10-20(11-8-17)27-24(30)19-5-3-13-26-16-19;/h3,5,7-13,15-16H,4,6,14H2,1-2H3,(H,27,30);1H. The molecule has 0 unspecified atom stereocenters. The molecule has 34 heavy (non-hydrogen) atoms. The van der Waals surface area contributed by atoms with Gasteiger partial charge in [0, 0.05) is 35.8 Å². The molecule has 0 saturated carbocycles. The number of benzene rings is 2. The second-order valence-electron chi connectivity index (χ2n) is 7.42. The van der Waals surface area contributed by atoms with Crippen LogP contribution in [-0.4, -0.2) is 48.3 Å². The lowest BCUT2D eigenvalue weighted by Crippen LogP contribution is -2.32. The lowest BCUT2D eigenvalue weighted by atomic mass is 10.0. The molecule has 0 spiro atoms. The number of hydrogen-bond donors (Lipinski definition) is 1. The molecule has 2 aromatic carbocycles. The van der Waals surface area contributed by atoms with Crippen molar-refractivity contribution in [2.45, 2.75) is 12.8 Å². The molecule has 0 saturated heterocycles. The third kappa shape index (κ3) is 5.52. The van der Waals surface area contributed by atoms with Crippen LogP contribution in [0.5, 0.6) is 11.5 Å². The molecule has 1 N–H and O–H groups in total. The Morgan fingerprint density at radius 3 is 2.41 bits per heavy atom. The maximum atomic E-state index is 13.0. The first kappa shape index (κ1) is 24.7. The molecule has 1 aliphatic heterocycles. The summed E-state index contributed by atoms with van der Waals surface area (Å²) >= 11 is 0. The summed E-state index contributed by atoms with van der Waals surface area (Å²) in [5.41, 5.74) is 3.25. The molecule has 0 atom stereocenters. The Balaban J connectivity index is 0.00000324. The van der Waals surface area contributed by atoms with Gasteiger partial charge in [0.15, 0.2) is 11.5 Å². The number of ether oxygens (including phenoxy) is 2. The van der Waals surface area contributed by atoms with Crippen molar-refractivity contribution >= 4 is 35.6 Å². The average molecular weight is 481 g/mol. The number of hydrogen-bond acceptors (Lipinski definition) is 6. The van der Waals surface area contributed by atoms with Crippen LogP contribution in [0.1, 0.15) is 39.1 Å². The fourth-order valence-electron chi connectivity index (χ4n) is 3.55. The zero-order valence-electron chi connectivity index (χ0n) is 18.9. The third-order valence-electron chi connectivity index (χ3n) is 5.29. The van der Waals surface area contributed by atoms with Crippen molar-refractivity contribution in [2.24, 2.45) is 5.10 Å². The summed E-state index contributed by atoms with van der Waals surface area (Å²) in [5, 5.41) is 8.88. The van der Waals surface area contributed by atoms with Crippen LogP contribution in [-0.2, 0) is 0 Å². The molecule has 0 fully saturated rings. The van der Waals surface area contributed by atoms with Gasteiger partial charge < -0.3 is 14.8 Å². The van der Waals surface area contributed by atoms with E-state index in [9.17, 15) is 9.59 Å². The Morgan fingerprint density at radius 2 is 1.74 bits per heavy atom. The summed E-state index contributed by atoms with van der Waals surface area (Å²) in [5.74, 6) is 0.798. The number of rotatable bonds is 6. The molecule has 2 amide bonds. The van der Waals surface area contributed by atoms with Crippen molar-refractivity contribution in [1.82, 2.24) is 9.99 Å². The second kappa shape index (κ2) is 11.3. The number of nitrogens with one attached hydrogen (secondary N) is 1. The van der Waals surface area contributed by atoms with Gasteiger partial charge in [0.25, 0.3) is 11.8 Å². The average Bonchev–Trinajstić information content (AvgIpc) is 2.88. The third-order valence-corrected chi connectivity index (χ3v) is 5.29. The maximum Gasteiger partial charge on any atom is 0.273 e. The quantitative estimate of drug-likeness (QED) is 0.564. The highest BCUT2D eigenvalue weighted by molar-refractivity contribution is 6.05. The number of anilines is 1. The topological polar surface area (TPSA) is 93.1 Å². The van der Waals surface area contributed by atoms with Crippen molar-refractivity contribution in [2.75, 3.05) is 26.1 Å². The first-order valence-corrected chi connectivity index (χ1v) is 10.5. The zero-order valence-corrected chi connectivity index (χ0v) is 19.7. The van der Waals surface area contributed by atoms with Gasteiger partial charge >= 0.3 is 0 Å². The Labute approximate surface area is 204 Å². The molecule has 4 rings (SSSR count). The molecule has 3 aromatic rings. The van der Waals surface area contributed by atoms with Gasteiger partial charge in [0.2, 0.25) is 0 Å². The van der Waals surface area contributed by atoms with Gasteiger partial charge in [0.05, 0.1) is 25.5 Å². The molecule has 0 radical (unpaired) electrons. The smallest absolute Gasteiger partial charge is 0.273 e. The van der Waals surface area contributed by atoms with E-state index in [1.165, 1.54) is 11.2 Å². The van der Waals surface area contributed by atoms with Gasteiger partial charge in [-0.05, 0) is 67.4 Å². The van der Waals surface area contributed by atoms with Gasteiger partial charge in [-0.2, -0.15) is 5.10 Å². The van der Waals surface area contributed by atoms with E-state index < -0.39 is 0 Å². The fourth-order valence-corrected chi connectivity index (χ4v) is 3.55. The van der Waals surface area contributed by atoms with Crippen LogP contribution in [0.4, 0.5) is 5.69 Å². The second-order valence-corrected chi connectivity index (χ2v) is 7.42. The molecular formula is C25H25ClN4O4. The summed E-state index contributed by atoms with van der Waals surface area (Å²) in [6.45, 7) is 0.537. The first-order valence-electron chi connectivity index (χ1n) is 10.5. The van der Waals surface area contributed by atoms with Crippen LogP contribution < -0.4 is 14.8 Å². The molecule has 2 heterocycles. The lowest BCUT2D eigenvalue weighted by molar-refractivity contribution is 0.0751. The van der Waals surface area contributed by atoms with Crippen molar-refractivity contribution in [3.05, 3.63) is 83.7 Å². The van der Waals surface area contributed by atoms with Crippen molar-refractivity contribution in [3.63, 3.8) is 0 Å². The summed E-state index contributed by atoms with van der Waals surface area (Å²) < 4.78 is 10.7. The van der Waals surface area contributed by atoms with Gasteiger partial charge in [-0.15, -0.1) is 12.4 Å². The molecule has 1 aromatic heterocycles. The van der Waals surface area contributed by atoms with E-state index in [1.54, 1.807) is 56.8 Å². The van der Waals surface area contributed by atoms with Gasteiger partial charge in [0.1, 0.15) is 0 Å². The lowest BCUT2D eigenvalue weighted by Gasteiger charge is -2.24. The predicted molar refractivity (Wildman–Crippen MR) is 132 cm³/mol. The monoisotopic (exact) mass is 480 g/mol. The molecule has 0 aliphatic carbocycles. The highest BCUT2D eigenvalue weighted by Gasteiger charge is 2.21. The number of pyridine rings is 1. The van der Waals surface area contributed by atoms with Gasteiger partial charge in [-0.3, -0.25) is 14.6 Å². The van der Waals surface area contributed by atoms with E-state index in [-0.39, 0.29) is 24.2 Å². The van der Waals surface area contributed by atoms with Crippen LogP contribution >= 0.6 is 12.4 Å².